The van der Waals surface area contributed by atoms with E-state index in [0.717, 1.165) is 54.8 Å². The van der Waals surface area contributed by atoms with Crippen LogP contribution in [-0.4, -0.2) is 51.2 Å². The summed E-state index contributed by atoms with van der Waals surface area (Å²) >= 11 is 0. The lowest BCUT2D eigenvalue weighted by molar-refractivity contribution is 0.231. The molecule has 3 aromatic heterocycles. The third kappa shape index (κ3) is 3.01. The van der Waals surface area contributed by atoms with E-state index >= 15 is 0 Å². The number of hydrogen-bond donors (Lipinski definition) is 4. The first-order valence-electron chi connectivity index (χ1n) is 10.5. The van der Waals surface area contributed by atoms with Gasteiger partial charge in [0.05, 0.1) is 11.7 Å². The Labute approximate surface area is 174 Å². The molecule has 0 aliphatic carbocycles. The molecule has 2 aromatic carbocycles. The molecule has 0 bridgehead atoms. The molecule has 1 aliphatic rings. The fourth-order valence-electron chi connectivity index (χ4n) is 4.57. The van der Waals surface area contributed by atoms with Gasteiger partial charge < -0.3 is 15.3 Å². The van der Waals surface area contributed by atoms with Crippen LogP contribution < -0.4 is 5.32 Å². The Morgan fingerprint density at radius 2 is 1.83 bits per heavy atom. The van der Waals surface area contributed by atoms with Crippen molar-refractivity contribution >= 4 is 21.8 Å². The van der Waals surface area contributed by atoms with E-state index in [4.69, 9.17) is 0 Å². The molecule has 0 unspecified atom stereocenters. The van der Waals surface area contributed by atoms with Crippen LogP contribution in [0.2, 0.25) is 0 Å². The van der Waals surface area contributed by atoms with E-state index in [9.17, 15) is 0 Å². The van der Waals surface area contributed by atoms with Crippen molar-refractivity contribution in [3.8, 4) is 22.4 Å². The van der Waals surface area contributed by atoms with Crippen molar-refractivity contribution in [2.24, 2.45) is 0 Å². The number of H-pyrrole nitrogens is 3. The summed E-state index contributed by atoms with van der Waals surface area (Å²) in [5, 5.41) is 13.3. The number of hydrogen-bond acceptors (Lipinski definition) is 3. The van der Waals surface area contributed by atoms with Gasteiger partial charge in [-0.1, -0.05) is 12.1 Å². The number of aromatic nitrogens is 4. The van der Waals surface area contributed by atoms with Crippen molar-refractivity contribution in [2.45, 2.75) is 6.54 Å². The number of piperazine rings is 1. The maximum Gasteiger partial charge on any atom is 0.0663 e. The Hall–Kier alpha value is -3.35. The second-order valence-corrected chi connectivity index (χ2v) is 8.02. The lowest BCUT2D eigenvalue weighted by atomic mass is 9.96. The van der Waals surface area contributed by atoms with Gasteiger partial charge in [0.1, 0.15) is 0 Å². The highest BCUT2D eigenvalue weighted by Crippen LogP contribution is 2.35. The van der Waals surface area contributed by atoms with Crippen molar-refractivity contribution in [1.82, 2.24) is 30.4 Å². The molecule has 0 spiro atoms. The molecule has 6 heteroatoms. The minimum absolute atomic E-state index is 0.957. The monoisotopic (exact) mass is 396 g/mol. The molecular formula is C24H24N6. The first-order chi connectivity index (χ1) is 14.8. The fourth-order valence-corrected chi connectivity index (χ4v) is 4.57. The number of rotatable bonds is 4. The van der Waals surface area contributed by atoms with Crippen molar-refractivity contribution in [1.29, 1.82) is 0 Å². The number of nitrogens with zero attached hydrogens (tertiary/aromatic N) is 2. The van der Waals surface area contributed by atoms with Gasteiger partial charge >= 0.3 is 0 Å². The Morgan fingerprint density at radius 1 is 0.900 bits per heavy atom. The summed E-state index contributed by atoms with van der Waals surface area (Å²) in [7, 11) is 0. The molecule has 150 valence electrons. The lowest BCUT2D eigenvalue weighted by Crippen LogP contribution is -2.42. The summed E-state index contributed by atoms with van der Waals surface area (Å²) < 4.78 is 0. The van der Waals surface area contributed by atoms with Crippen LogP contribution in [-0.2, 0) is 6.54 Å². The van der Waals surface area contributed by atoms with Crippen LogP contribution in [0.3, 0.4) is 0 Å². The van der Waals surface area contributed by atoms with Gasteiger partial charge in [-0.2, -0.15) is 5.10 Å². The van der Waals surface area contributed by atoms with Crippen molar-refractivity contribution in [3.63, 3.8) is 0 Å². The molecule has 1 fully saturated rings. The smallest absolute Gasteiger partial charge is 0.0663 e. The molecule has 0 amide bonds. The third-order valence-electron chi connectivity index (χ3n) is 6.10. The minimum Gasteiger partial charge on any atom is -0.361 e. The molecule has 6 rings (SSSR count). The van der Waals surface area contributed by atoms with Gasteiger partial charge in [0.2, 0.25) is 0 Å². The topological polar surface area (TPSA) is 75.5 Å². The van der Waals surface area contributed by atoms with Gasteiger partial charge in [-0.05, 0) is 47.5 Å². The van der Waals surface area contributed by atoms with E-state index in [1.807, 2.05) is 12.4 Å². The van der Waals surface area contributed by atoms with Gasteiger partial charge in [-0.3, -0.25) is 10.00 Å². The van der Waals surface area contributed by atoms with E-state index in [2.05, 4.69) is 78.9 Å². The number of aromatic amines is 3. The van der Waals surface area contributed by atoms with Crippen LogP contribution in [0.4, 0.5) is 0 Å². The Kier molecular flexibility index (Phi) is 4.18. The zero-order chi connectivity index (χ0) is 19.9. The summed E-state index contributed by atoms with van der Waals surface area (Å²) in [5.74, 6) is 0. The zero-order valence-corrected chi connectivity index (χ0v) is 16.7. The Bertz CT molecular complexity index is 1320. The predicted molar refractivity (Wildman–Crippen MR) is 121 cm³/mol. The summed E-state index contributed by atoms with van der Waals surface area (Å²) in [6.45, 7) is 5.28. The highest BCUT2D eigenvalue weighted by atomic mass is 15.2. The number of fused-ring (bicyclic) bond motifs is 2. The molecule has 4 heterocycles. The summed E-state index contributed by atoms with van der Waals surface area (Å²) in [5.41, 5.74) is 8.17. The molecule has 1 saturated heterocycles. The minimum atomic E-state index is 0.957. The maximum absolute atomic E-state index is 4.31. The number of benzene rings is 2. The summed E-state index contributed by atoms with van der Waals surface area (Å²) in [6.07, 6.45) is 3.92. The standard InChI is InChI=1S/C24H24N6/c1-2-18(19-6-7-26-22(19)3-1)16-12-20(21-14-27-29-24(21)13-16)23-5-4-17(28-23)15-30-10-8-25-9-11-30/h1-7,12-14,25-26,28H,8-11,15H2,(H,27,29). The Balaban J connectivity index is 1.43. The first-order valence-corrected chi connectivity index (χ1v) is 10.5. The normalized spacial score (nSPS) is 15.3. The van der Waals surface area contributed by atoms with E-state index in [0.29, 0.717) is 0 Å². The molecule has 30 heavy (non-hydrogen) atoms. The summed E-state index contributed by atoms with van der Waals surface area (Å²) in [4.78, 5) is 9.46. The van der Waals surface area contributed by atoms with Gasteiger partial charge in [0.25, 0.3) is 0 Å². The van der Waals surface area contributed by atoms with Crippen LogP contribution in [0.25, 0.3) is 44.2 Å². The Morgan fingerprint density at radius 3 is 2.77 bits per heavy atom. The second kappa shape index (κ2) is 7.16. The largest absolute Gasteiger partial charge is 0.361 e. The molecular weight excluding hydrogens is 372 g/mol. The van der Waals surface area contributed by atoms with Crippen LogP contribution >= 0.6 is 0 Å². The first kappa shape index (κ1) is 17.5. The molecule has 4 N–H and O–H groups in total. The molecule has 0 atom stereocenters. The SMILES string of the molecule is c1cc(-c2cc(-c3ccc(CN4CCNCC4)[nH]3)c3cn[nH]c3c2)c2cc[nH]c2c1. The van der Waals surface area contributed by atoms with Gasteiger partial charge in [-0.25, -0.2) is 0 Å². The fraction of sp³-hybridized carbons (Fsp3) is 0.208. The van der Waals surface area contributed by atoms with Gasteiger partial charge in [0, 0.05) is 72.2 Å². The van der Waals surface area contributed by atoms with Crippen molar-refractivity contribution in [3.05, 3.63) is 66.6 Å². The van der Waals surface area contributed by atoms with Gasteiger partial charge in [-0.15, -0.1) is 0 Å². The average molecular weight is 396 g/mol. The highest BCUT2D eigenvalue weighted by Gasteiger charge is 2.15. The zero-order valence-electron chi connectivity index (χ0n) is 16.7. The highest BCUT2D eigenvalue weighted by molar-refractivity contribution is 6.01. The molecule has 0 saturated carbocycles. The quantitative estimate of drug-likeness (QED) is 0.369. The summed E-state index contributed by atoms with van der Waals surface area (Å²) in [6, 6.07) is 17.4. The maximum atomic E-state index is 4.31. The molecule has 1 aliphatic heterocycles. The van der Waals surface area contributed by atoms with Gasteiger partial charge in [0.15, 0.2) is 0 Å². The molecule has 6 nitrogen and oxygen atoms in total. The molecule has 5 aromatic rings. The van der Waals surface area contributed by atoms with Crippen LogP contribution in [0.5, 0.6) is 0 Å². The van der Waals surface area contributed by atoms with Crippen molar-refractivity contribution in [2.75, 3.05) is 26.2 Å². The number of nitrogens with one attached hydrogen (secondary N) is 4. The predicted octanol–water partition coefficient (Wildman–Crippen LogP) is 4.11. The van der Waals surface area contributed by atoms with E-state index < -0.39 is 0 Å². The molecule has 0 radical (unpaired) electrons. The second-order valence-electron chi connectivity index (χ2n) is 8.02. The van der Waals surface area contributed by atoms with Crippen LogP contribution in [0.15, 0.2) is 60.9 Å². The van der Waals surface area contributed by atoms with E-state index in [1.165, 1.54) is 27.8 Å². The van der Waals surface area contributed by atoms with Crippen LogP contribution in [0, 0.1) is 0 Å². The average Bonchev–Trinajstić information content (AvgIpc) is 3.53. The van der Waals surface area contributed by atoms with E-state index in [1.54, 1.807) is 0 Å². The van der Waals surface area contributed by atoms with Crippen LogP contribution in [0.1, 0.15) is 5.69 Å². The lowest BCUT2D eigenvalue weighted by Gasteiger charge is -2.26. The van der Waals surface area contributed by atoms with E-state index in [-0.39, 0.29) is 0 Å². The third-order valence-corrected chi connectivity index (χ3v) is 6.10. The van der Waals surface area contributed by atoms with Crippen molar-refractivity contribution < 1.29 is 0 Å².